The SMILES string of the molecule is CN(C)C1(CN)CCN2CCC1C2. The summed E-state index contributed by atoms with van der Waals surface area (Å²) >= 11 is 0. The summed E-state index contributed by atoms with van der Waals surface area (Å²) in [5.74, 6) is 0.807. The van der Waals surface area contributed by atoms with Crippen LogP contribution in [0.15, 0.2) is 0 Å². The maximum atomic E-state index is 5.96. The minimum absolute atomic E-state index is 0.299. The fourth-order valence-corrected chi connectivity index (χ4v) is 3.07. The second kappa shape index (κ2) is 3.23. The van der Waals surface area contributed by atoms with Gasteiger partial charge in [0, 0.05) is 18.6 Å². The first-order valence-corrected chi connectivity index (χ1v) is 5.29. The van der Waals surface area contributed by atoms with Crippen LogP contribution in [0.25, 0.3) is 0 Å². The Morgan fingerprint density at radius 1 is 1.46 bits per heavy atom. The van der Waals surface area contributed by atoms with Crippen LogP contribution in [0.5, 0.6) is 0 Å². The summed E-state index contributed by atoms with van der Waals surface area (Å²) < 4.78 is 0. The van der Waals surface area contributed by atoms with Crippen molar-refractivity contribution in [2.75, 3.05) is 40.3 Å². The molecule has 3 nitrogen and oxygen atoms in total. The highest BCUT2D eigenvalue weighted by Gasteiger charge is 2.46. The molecule has 0 spiro atoms. The molecule has 0 aromatic rings. The summed E-state index contributed by atoms with van der Waals surface area (Å²) in [7, 11) is 4.36. The second-order valence-electron chi connectivity index (χ2n) is 4.74. The third kappa shape index (κ3) is 1.30. The maximum Gasteiger partial charge on any atom is 0.0378 e. The van der Waals surface area contributed by atoms with E-state index in [1.165, 1.54) is 32.5 Å². The van der Waals surface area contributed by atoms with Crippen LogP contribution in [0.3, 0.4) is 0 Å². The molecule has 2 fully saturated rings. The van der Waals surface area contributed by atoms with E-state index >= 15 is 0 Å². The minimum atomic E-state index is 0.299. The summed E-state index contributed by atoms with van der Waals surface area (Å²) in [5, 5.41) is 0. The van der Waals surface area contributed by atoms with Crippen LogP contribution >= 0.6 is 0 Å². The standard InChI is InChI=1S/C10H21N3/c1-12(2)10(8-11)4-6-13-5-3-9(10)7-13/h9H,3-8,11H2,1-2H3. The number of rotatable bonds is 2. The summed E-state index contributed by atoms with van der Waals surface area (Å²) in [6.07, 6.45) is 2.59. The predicted molar refractivity (Wildman–Crippen MR) is 54.6 cm³/mol. The van der Waals surface area contributed by atoms with Crippen molar-refractivity contribution in [2.24, 2.45) is 11.7 Å². The number of fused-ring (bicyclic) bond motifs is 2. The molecule has 2 bridgehead atoms. The Labute approximate surface area is 80.9 Å². The molecule has 2 aliphatic heterocycles. The highest BCUT2D eigenvalue weighted by molar-refractivity contribution is 5.03. The zero-order valence-corrected chi connectivity index (χ0v) is 8.79. The Hall–Kier alpha value is -0.120. The van der Waals surface area contributed by atoms with E-state index in [0.29, 0.717) is 5.54 Å². The molecule has 2 N–H and O–H groups in total. The van der Waals surface area contributed by atoms with E-state index in [4.69, 9.17) is 5.73 Å². The van der Waals surface area contributed by atoms with E-state index in [9.17, 15) is 0 Å². The van der Waals surface area contributed by atoms with E-state index in [1.54, 1.807) is 0 Å². The van der Waals surface area contributed by atoms with E-state index in [-0.39, 0.29) is 0 Å². The van der Waals surface area contributed by atoms with E-state index < -0.39 is 0 Å². The minimum Gasteiger partial charge on any atom is -0.329 e. The molecule has 3 heteroatoms. The normalized spacial score (nSPS) is 44.3. The van der Waals surface area contributed by atoms with Gasteiger partial charge in [0.2, 0.25) is 0 Å². The first-order valence-electron chi connectivity index (χ1n) is 5.29. The smallest absolute Gasteiger partial charge is 0.0378 e. The van der Waals surface area contributed by atoms with Crippen molar-refractivity contribution >= 4 is 0 Å². The molecule has 2 heterocycles. The Kier molecular flexibility index (Phi) is 2.34. The van der Waals surface area contributed by atoms with Crippen molar-refractivity contribution in [3.63, 3.8) is 0 Å². The molecule has 0 saturated carbocycles. The highest BCUT2D eigenvalue weighted by atomic mass is 15.2. The number of nitrogens with two attached hydrogens (primary N) is 1. The average molecular weight is 183 g/mol. The van der Waals surface area contributed by atoms with Crippen LogP contribution < -0.4 is 5.73 Å². The Morgan fingerprint density at radius 3 is 2.85 bits per heavy atom. The third-order valence-electron chi connectivity index (χ3n) is 4.14. The van der Waals surface area contributed by atoms with Gasteiger partial charge < -0.3 is 15.5 Å². The molecule has 2 rings (SSSR count). The lowest BCUT2D eigenvalue weighted by molar-refractivity contribution is 0.0454. The molecular formula is C10H21N3. The van der Waals surface area contributed by atoms with Gasteiger partial charge in [-0.05, 0) is 45.9 Å². The van der Waals surface area contributed by atoms with Gasteiger partial charge in [0.1, 0.15) is 0 Å². The zero-order chi connectivity index (χ0) is 9.47. The van der Waals surface area contributed by atoms with Gasteiger partial charge in [-0.2, -0.15) is 0 Å². The largest absolute Gasteiger partial charge is 0.329 e. The van der Waals surface area contributed by atoms with Gasteiger partial charge in [0.05, 0.1) is 0 Å². The van der Waals surface area contributed by atoms with Gasteiger partial charge in [0.25, 0.3) is 0 Å². The topological polar surface area (TPSA) is 32.5 Å². The van der Waals surface area contributed by atoms with Crippen LogP contribution in [-0.4, -0.2) is 55.6 Å². The fourth-order valence-electron chi connectivity index (χ4n) is 3.07. The third-order valence-corrected chi connectivity index (χ3v) is 4.14. The Morgan fingerprint density at radius 2 is 2.23 bits per heavy atom. The molecule has 2 aliphatic rings. The van der Waals surface area contributed by atoms with Gasteiger partial charge in [-0.15, -0.1) is 0 Å². The van der Waals surface area contributed by atoms with Crippen molar-refractivity contribution in [2.45, 2.75) is 18.4 Å². The Balaban J connectivity index is 2.19. The summed E-state index contributed by atoms with van der Waals surface area (Å²) in [6.45, 7) is 4.63. The fraction of sp³-hybridized carbons (Fsp3) is 1.00. The van der Waals surface area contributed by atoms with Crippen molar-refractivity contribution in [1.29, 1.82) is 0 Å². The van der Waals surface area contributed by atoms with Crippen LogP contribution in [0, 0.1) is 5.92 Å². The lowest BCUT2D eigenvalue weighted by Crippen LogP contribution is -2.59. The molecule has 0 amide bonds. The Bertz CT molecular complexity index is 193. The monoisotopic (exact) mass is 183 g/mol. The van der Waals surface area contributed by atoms with E-state index in [2.05, 4.69) is 23.9 Å². The van der Waals surface area contributed by atoms with Crippen molar-refractivity contribution in [3.8, 4) is 0 Å². The maximum absolute atomic E-state index is 5.96. The molecule has 3 atom stereocenters. The van der Waals surface area contributed by atoms with Gasteiger partial charge in [-0.3, -0.25) is 0 Å². The number of hydrogen-bond donors (Lipinski definition) is 1. The van der Waals surface area contributed by atoms with Crippen LogP contribution in [0.2, 0.25) is 0 Å². The molecule has 13 heavy (non-hydrogen) atoms. The molecule has 0 radical (unpaired) electrons. The van der Waals surface area contributed by atoms with Crippen molar-refractivity contribution in [3.05, 3.63) is 0 Å². The van der Waals surface area contributed by atoms with Crippen LogP contribution in [0.1, 0.15) is 12.8 Å². The van der Waals surface area contributed by atoms with Gasteiger partial charge in [-0.25, -0.2) is 0 Å². The lowest BCUT2D eigenvalue weighted by Gasteiger charge is -2.47. The van der Waals surface area contributed by atoms with E-state index in [1.807, 2.05) is 0 Å². The molecule has 0 aromatic carbocycles. The first-order chi connectivity index (χ1) is 6.19. The number of hydrogen-bond acceptors (Lipinski definition) is 3. The van der Waals surface area contributed by atoms with Gasteiger partial charge in [-0.1, -0.05) is 0 Å². The number of piperidine rings is 1. The quantitative estimate of drug-likeness (QED) is 0.652. The van der Waals surface area contributed by atoms with Crippen LogP contribution in [-0.2, 0) is 0 Å². The van der Waals surface area contributed by atoms with Crippen LogP contribution in [0.4, 0.5) is 0 Å². The molecule has 3 unspecified atom stereocenters. The summed E-state index contributed by atoms with van der Waals surface area (Å²) in [6, 6.07) is 0. The molecule has 2 saturated heterocycles. The number of likely N-dealkylation sites (N-methyl/N-ethyl adjacent to an activating group) is 1. The predicted octanol–water partition coefficient (Wildman–Crippen LogP) is -0.0289. The summed E-state index contributed by atoms with van der Waals surface area (Å²) in [4.78, 5) is 4.93. The van der Waals surface area contributed by atoms with Crippen molar-refractivity contribution in [1.82, 2.24) is 9.80 Å². The zero-order valence-electron chi connectivity index (χ0n) is 8.79. The highest BCUT2D eigenvalue weighted by Crippen LogP contribution is 2.37. The summed E-state index contributed by atoms with van der Waals surface area (Å²) in [5.41, 5.74) is 6.26. The van der Waals surface area contributed by atoms with E-state index in [0.717, 1.165) is 12.5 Å². The number of nitrogens with zero attached hydrogens (tertiary/aromatic N) is 2. The first kappa shape index (κ1) is 9.44. The van der Waals surface area contributed by atoms with Crippen molar-refractivity contribution < 1.29 is 0 Å². The van der Waals surface area contributed by atoms with Gasteiger partial charge in [0.15, 0.2) is 0 Å². The molecule has 0 aliphatic carbocycles. The van der Waals surface area contributed by atoms with Gasteiger partial charge >= 0.3 is 0 Å². The average Bonchev–Trinajstić information content (AvgIpc) is 2.50. The lowest BCUT2D eigenvalue weighted by atomic mass is 9.78. The second-order valence-corrected chi connectivity index (χ2v) is 4.74. The molecule has 0 aromatic heterocycles. The molecular weight excluding hydrogens is 162 g/mol. The molecule has 76 valence electrons.